The van der Waals surface area contributed by atoms with Crippen LogP contribution in [-0.2, 0) is 13.2 Å². The monoisotopic (exact) mass is 336 g/mol. The van der Waals surface area contributed by atoms with Gasteiger partial charge in [0.15, 0.2) is 5.76 Å². The van der Waals surface area contributed by atoms with Crippen LogP contribution in [0.2, 0.25) is 0 Å². The van der Waals surface area contributed by atoms with Gasteiger partial charge in [-0.1, -0.05) is 49.3 Å². The molecular weight excluding hydrogens is 312 g/mol. The number of nitrogens with zero attached hydrogens (tertiary/aromatic N) is 2. The lowest BCUT2D eigenvalue weighted by atomic mass is 10.1. The summed E-state index contributed by atoms with van der Waals surface area (Å²) in [6.45, 7) is 7.65. The van der Waals surface area contributed by atoms with E-state index in [4.69, 9.17) is 9.26 Å². The fourth-order valence-electron chi connectivity index (χ4n) is 2.65. The number of ether oxygens (including phenoxy) is 1. The van der Waals surface area contributed by atoms with Gasteiger partial charge in [-0.15, -0.1) is 0 Å². The maximum absolute atomic E-state index is 5.82. The second kappa shape index (κ2) is 8.49. The second-order valence-corrected chi connectivity index (χ2v) is 5.94. The number of benzene rings is 2. The molecule has 0 radical (unpaired) electrons. The zero-order chi connectivity index (χ0) is 17.5. The van der Waals surface area contributed by atoms with Crippen LogP contribution in [0, 0.1) is 0 Å². The molecule has 4 heteroatoms. The molecule has 0 unspecified atom stereocenters. The minimum atomic E-state index is 0.568. The van der Waals surface area contributed by atoms with Gasteiger partial charge in [-0.2, -0.15) is 0 Å². The van der Waals surface area contributed by atoms with Gasteiger partial charge in [0, 0.05) is 11.6 Å². The Balaban J connectivity index is 1.61. The van der Waals surface area contributed by atoms with Crippen LogP contribution >= 0.6 is 0 Å². The smallest absolute Gasteiger partial charge is 0.151 e. The van der Waals surface area contributed by atoms with Crippen molar-refractivity contribution in [3.05, 3.63) is 72.0 Å². The lowest BCUT2D eigenvalue weighted by Gasteiger charge is -2.15. The van der Waals surface area contributed by atoms with Gasteiger partial charge in [-0.3, -0.25) is 4.90 Å². The molecule has 0 saturated heterocycles. The number of hydrogen-bond acceptors (Lipinski definition) is 4. The van der Waals surface area contributed by atoms with E-state index in [0.717, 1.165) is 48.0 Å². The van der Waals surface area contributed by atoms with E-state index in [2.05, 4.69) is 36.0 Å². The van der Waals surface area contributed by atoms with E-state index in [-0.39, 0.29) is 0 Å². The zero-order valence-corrected chi connectivity index (χ0v) is 14.8. The first kappa shape index (κ1) is 17.2. The van der Waals surface area contributed by atoms with E-state index in [1.807, 2.05) is 48.5 Å². The Bertz CT molecular complexity index is 762. The fourth-order valence-corrected chi connectivity index (χ4v) is 2.65. The van der Waals surface area contributed by atoms with Crippen LogP contribution < -0.4 is 4.74 Å². The van der Waals surface area contributed by atoms with Crippen LogP contribution in [0.3, 0.4) is 0 Å². The van der Waals surface area contributed by atoms with Crippen LogP contribution in [-0.4, -0.2) is 23.1 Å². The third-order valence-corrected chi connectivity index (χ3v) is 4.23. The minimum Gasteiger partial charge on any atom is -0.489 e. The van der Waals surface area contributed by atoms with Crippen molar-refractivity contribution in [3.63, 3.8) is 0 Å². The van der Waals surface area contributed by atoms with E-state index < -0.39 is 0 Å². The molecule has 4 nitrogen and oxygen atoms in total. The summed E-state index contributed by atoms with van der Waals surface area (Å²) in [5.41, 5.74) is 3.04. The Labute approximate surface area is 149 Å². The average molecular weight is 336 g/mol. The molecule has 0 spiro atoms. The summed E-state index contributed by atoms with van der Waals surface area (Å²) in [7, 11) is 0. The number of hydrogen-bond donors (Lipinski definition) is 0. The largest absolute Gasteiger partial charge is 0.489 e. The summed E-state index contributed by atoms with van der Waals surface area (Å²) in [5, 5.41) is 4.19. The molecule has 0 saturated carbocycles. The van der Waals surface area contributed by atoms with Crippen LogP contribution in [0.1, 0.15) is 25.2 Å². The molecule has 0 aliphatic carbocycles. The highest BCUT2D eigenvalue weighted by Gasteiger charge is 2.09. The van der Waals surface area contributed by atoms with Crippen LogP contribution in [0.5, 0.6) is 5.75 Å². The van der Waals surface area contributed by atoms with Crippen molar-refractivity contribution in [2.24, 2.45) is 0 Å². The first-order valence-electron chi connectivity index (χ1n) is 8.73. The first-order valence-corrected chi connectivity index (χ1v) is 8.73. The Morgan fingerprint density at radius 3 is 2.36 bits per heavy atom. The summed E-state index contributed by atoms with van der Waals surface area (Å²) >= 11 is 0. The fraction of sp³-hybridized carbons (Fsp3) is 0.286. The van der Waals surface area contributed by atoms with Crippen molar-refractivity contribution >= 4 is 0 Å². The summed E-state index contributed by atoms with van der Waals surface area (Å²) in [4.78, 5) is 2.30. The van der Waals surface area contributed by atoms with Gasteiger partial charge >= 0.3 is 0 Å². The van der Waals surface area contributed by atoms with Crippen LogP contribution in [0.25, 0.3) is 11.3 Å². The second-order valence-electron chi connectivity index (χ2n) is 5.94. The molecule has 2 aromatic carbocycles. The molecule has 0 aliphatic heterocycles. The summed E-state index contributed by atoms with van der Waals surface area (Å²) in [6.07, 6.45) is 0. The van der Waals surface area contributed by atoms with E-state index in [1.165, 1.54) is 0 Å². The van der Waals surface area contributed by atoms with E-state index in [1.54, 1.807) is 0 Å². The molecule has 0 atom stereocenters. The maximum Gasteiger partial charge on any atom is 0.151 e. The molecule has 0 aliphatic rings. The van der Waals surface area contributed by atoms with Crippen molar-refractivity contribution in [1.82, 2.24) is 10.1 Å². The Morgan fingerprint density at radius 1 is 0.960 bits per heavy atom. The lowest BCUT2D eigenvalue weighted by molar-refractivity contribution is 0.252. The van der Waals surface area contributed by atoms with Crippen LogP contribution in [0.4, 0.5) is 0 Å². The Kier molecular flexibility index (Phi) is 5.86. The van der Waals surface area contributed by atoms with Gasteiger partial charge in [0.2, 0.25) is 0 Å². The van der Waals surface area contributed by atoms with Crippen molar-refractivity contribution < 1.29 is 9.26 Å². The Morgan fingerprint density at radius 2 is 1.68 bits per heavy atom. The quantitative estimate of drug-likeness (QED) is 0.594. The Hall–Kier alpha value is -2.59. The molecular formula is C21H24N2O2. The van der Waals surface area contributed by atoms with Gasteiger partial charge in [0.25, 0.3) is 0 Å². The van der Waals surface area contributed by atoms with E-state index >= 15 is 0 Å². The van der Waals surface area contributed by atoms with Gasteiger partial charge in [-0.05, 0) is 42.9 Å². The third-order valence-electron chi connectivity index (χ3n) is 4.23. The standard InChI is InChI=1S/C21H24N2O2/c1-3-23(4-2)15-20-14-21(22-25-20)18-10-12-19(13-11-18)24-16-17-8-6-5-7-9-17/h5-14H,3-4,15-16H2,1-2H3. The average Bonchev–Trinajstić information content (AvgIpc) is 3.14. The highest BCUT2D eigenvalue weighted by molar-refractivity contribution is 5.59. The summed E-state index contributed by atoms with van der Waals surface area (Å²) in [5.74, 6) is 1.74. The molecule has 1 aromatic heterocycles. The van der Waals surface area contributed by atoms with Gasteiger partial charge in [0.05, 0.1) is 6.54 Å². The topological polar surface area (TPSA) is 38.5 Å². The SMILES string of the molecule is CCN(CC)Cc1cc(-c2ccc(OCc3ccccc3)cc2)no1. The predicted octanol–water partition coefficient (Wildman–Crippen LogP) is 4.76. The molecule has 0 N–H and O–H groups in total. The summed E-state index contributed by atoms with van der Waals surface area (Å²) in [6, 6.07) is 20.1. The molecule has 25 heavy (non-hydrogen) atoms. The highest BCUT2D eigenvalue weighted by Crippen LogP contribution is 2.23. The van der Waals surface area contributed by atoms with E-state index in [0.29, 0.717) is 6.61 Å². The van der Waals surface area contributed by atoms with Crippen molar-refractivity contribution in [2.45, 2.75) is 27.0 Å². The molecule has 1 heterocycles. The third kappa shape index (κ3) is 4.70. The molecule has 0 fully saturated rings. The minimum absolute atomic E-state index is 0.568. The van der Waals surface area contributed by atoms with Gasteiger partial charge < -0.3 is 9.26 Å². The maximum atomic E-state index is 5.82. The zero-order valence-electron chi connectivity index (χ0n) is 14.8. The normalized spacial score (nSPS) is 11.0. The van der Waals surface area contributed by atoms with Crippen molar-refractivity contribution in [2.75, 3.05) is 13.1 Å². The van der Waals surface area contributed by atoms with Gasteiger partial charge in [-0.25, -0.2) is 0 Å². The summed E-state index contributed by atoms with van der Waals surface area (Å²) < 4.78 is 11.3. The molecule has 0 amide bonds. The molecule has 3 rings (SSSR count). The highest BCUT2D eigenvalue weighted by atomic mass is 16.5. The van der Waals surface area contributed by atoms with Crippen LogP contribution in [0.15, 0.2) is 65.2 Å². The van der Waals surface area contributed by atoms with Gasteiger partial charge in [0.1, 0.15) is 18.1 Å². The lowest BCUT2D eigenvalue weighted by Crippen LogP contribution is -2.21. The predicted molar refractivity (Wildman–Crippen MR) is 99.3 cm³/mol. The molecule has 130 valence electrons. The number of rotatable bonds is 8. The molecule has 3 aromatic rings. The molecule has 0 bridgehead atoms. The van der Waals surface area contributed by atoms with E-state index in [9.17, 15) is 0 Å². The number of aromatic nitrogens is 1. The van der Waals surface area contributed by atoms with Crippen molar-refractivity contribution in [1.29, 1.82) is 0 Å². The van der Waals surface area contributed by atoms with Crippen molar-refractivity contribution in [3.8, 4) is 17.0 Å². The first-order chi connectivity index (χ1) is 12.3.